The molecule has 4 nitrogen and oxygen atoms in total. The molecule has 0 radical (unpaired) electrons. The third-order valence-corrected chi connectivity index (χ3v) is 6.15. The van der Waals surface area contributed by atoms with E-state index in [-0.39, 0.29) is 4.90 Å². The van der Waals surface area contributed by atoms with Crippen LogP contribution in [0.4, 0.5) is 0 Å². The van der Waals surface area contributed by atoms with E-state index in [9.17, 15) is 8.42 Å². The highest BCUT2D eigenvalue weighted by Crippen LogP contribution is 2.25. The summed E-state index contributed by atoms with van der Waals surface area (Å²) in [6, 6.07) is 18.9. The second-order valence-corrected chi connectivity index (χ2v) is 8.08. The number of fused-ring (bicyclic) bond motifs is 1. The molecule has 0 unspecified atom stereocenters. The van der Waals surface area contributed by atoms with E-state index in [1.807, 2.05) is 49.4 Å². The number of aryl methyl sites for hydroxylation is 1. The Labute approximate surface area is 148 Å². The lowest BCUT2D eigenvalue weighted by molar-refractivity contribution is 0.411. The SMILES string of the molecule is COc1ccc(S(=O)(=O)N(C)Cc2cccc3ccccc23)cc1C. The Kier molecular flexibility index (Phi) is 4.79. The van der Waals surface area contributed by atoms with Crippen LogP contribution in [0, 0.1) is 6.92 Å². The summed E-state index contributed by atoms with van der Waals surface area (Å²) in [5, 5.41) is 2.17. The fraction of sp³-hybridized carbons (Fsp3) is 0.200. The number of ether oxygens (including phenoxy) is 1. The van der Waals surface area contributed by atoms with Gasteiger partial charge in [0, 0.05) is 13.6 Å². The van der Waals surface area contributed by atoms with Crippen LogP contribution in [-0.4, -0.2) is 26.9 Å². The van der Waals surface area contributed by atoms with Crippen molar-refractivity contribution in [1.29, 1.82) is 0 Å². The summed E-state index contributed by atoms with van der Waals surface area (Å²) in [6.45, 7) is 2.15. The lowest BCUT2D eigenvalue weighted by Crippen LogP contribution is -2.26. The molecule has 0 aliphatic carbocycles. The summed E-state index contributed by atoms with van der Waals surface area (Å²) in [5.41, 5.74) is 1.77. The highest BCUT2D eigenvalue weighted by molar-refractivity contribution is 7.89. The van der Waals surface area contributed by atoms with Gasteiger partial charge in [0.15, 0.2) is 0 Å². The average Bonchev–Trinajstić information content (AvgIpc) is 2.62. The van der Waals surface area contributed by atoms with E-state index < -0.39 is 10.0 Å². The van der Waals surface area contributed by atoms with E-state index >= 15 is 0 Å². The summed E-state index contributed by atoms with van der Waals surface area (Å²) in [5.74, 6) is 0.677. The maximum atomic E-state index is 12.9. The molecular weight excluding hydrogens is 334 g/mol. The molecule has 0 N–H and O–H groups in total. The first-order valence-corrected chi connectivity index (χ1v) is 9.45. The molecule has 0 amide bonds. The van der Waals surface area contributed by atoms with Crippen molar-refractivity contribution >= 4 is 20.8 Å². The van der Waals surface area contributed by atoms with Gasteiger partial charge in [-0.2, -0.15) is 4.31 Å². The molecule has 0 saturated heterocycles. The topological polar surface area (TPSA) is 46.6 Å². The lowest BCUT2D eigenvalue weighted by atomic mass is 10.0. The van der Waals surface area contributed by atoms with Crippen molar-refractivity contribution in [3.8, 4) is 5.75 Å². The smallest absolute Gasteiger partial charge is 0.243 e. The van der Waals surface area contributed by atoms with Crippen LogP contribution in [0.5, 0.6) is 5.75 Å². The van der Waals surface area contributed by atoms with Crippen LogP contribution in [0.2, 0.25) is 0 Å². The summed E-state index contributed by atoms with van der Waals surface area (Å²) in [4.78, 5) is 0.272. The Morgan fingerprint density at radius 3 is 2.44 bits per heavy atom. The van der Waals surface area contributed by atoms with E-state index in [4.69, 9.17) is 4.74 Å². The van der Waals surface area contributed by atoms with E-state index in [0.29, 0.717) is 12.3 Å². The number of methoxy groups -OCH3 is 1. The summed E-state index contributed by atoms with van der Waals surface area (Å²) in [6.07, 6.45) is 0. The molecule has 0 saturated carbocycles. The minimum absolute atomic E-state index is 0.272. The maximum absolute atomic E-state index is 12.9. The molecular formula is C20H21NO3S. The fourth-order valence-corrected chi connectivity index (χ4v) is 4.18. The Morgan fingerprint density at radius 1 is 1.00 bits per heavy atom. The Bertz CT molecular complexity index is 1010. The quantitative estimate of drug-likeness (QED) is 0.695. The van der Waals surface area contributed by atoms with Crippen molar-refractivity contribution in [2.45, 2.75) is 18.4 Å². The monoisotopic (exact) mass is 355 g/mol. The predicted molar refractivity (Wildman–Crippen MR) is 100 cm³/mol. The summed E-state index contributed by atoms with van der Waals surface area (Å²) in [7, 11) is -0.395. The molecule has 0 aliphatic rings. The maximum Gasteiger partial charge on any atom is 0.243 e. The van der Waals surface area contributed by atoms with Crippen LogP contribution in [0.3, 0.4) is 0 Å². The predicted octanol–water partition coefficient (Wildman–Crippen LogP) is 3.98. The van der Waals surface area contributed by atoms with E-state index in [1.165, 1.54) is 4.31 Å². The highest BCUT2D eigenvalue weighted by atomic mass is 32.2. The molecule has 25 heavy (non-hydrogen) atoms. The summed E-state index contributed by atoms with van der Waals surface area (Å²) >= 11 is 0. The Morgan fingerprint density at radius 2 is 1.72 bits per heavy atom. The first-order valence-electron chi connectivity index (χ1n) is 8.01. The molecule has 3 rings (SSSR count). The fourth-order valence-electron chi connectivity index (χ4n) is 2.95. The van der Waals surface area contributed by atoms with Crippen molar-refractivity contribution in [2.24, 2.45) is 0 Å². The average molecular weight is 355 g/mol. The van der Waals surface area contributed by atoms with Crippen molar-refractivity contribution in [3.63, 3.8) is 0 Å². The number of rotatable bonds is 5. The van der Waals surface area contributed by atoms with Gasteiger partial charge in [-0.15, -0.1) is 0 Å². The molecule has 0 aliphatic heterocycles. The van der Waals surface area contributed by atoms with Crippen molar-refractivity contribution in [1.82, 2.24) is 4.31 Å². The third-order valence-electron chi connectivity index (χ3n) is 4.35. The van der Waals surface area contributed by atoms with Crippen LogP contribution < -0.4 is 4.74 Å². The van der Waals surface area contributed by atoms with E-state index in [2.05, 4.69) is 0 Å². The van der Waals surface area contributed by atoms with Crippen LogP contribution >= 0.6 is 0 Å². The van der Waals surface area contributed by atoms with Gasteiger partial charge >= 0.3 is 0 Å². The zero-order valence-electron chi connectivity index (χ0n) is 14.6. The van der Waals surface area contributed by atoms with E-state index in [1.54, 1.807) is 32.4 Å². The largest absolute Gasteiger partial charge is 0.496 e. The first kappa shape index (κ1) is 17.5. The molecule has 5 heteroatoms. The van der Waals surface area contributed by atoms with Crippen LogP contribution in [0.15, 0.2) is 65.6 Å². The van der Waals surface area contributed by atoms with Gasteiger partial charge in [0.25, 0.3) is 0 Å². The van der Waals surface area contributed by atoms with Gasteiger partial charge in [-0.1, -0.05) is 42.5 Å². The van der Waals surface area contributed by atoms with Crippen LogP contribution in [0.1, 0.15) is 11.1 Å². The zero-order chi connectivity index (χ0) is 18.0. The van der Waals surface area contributed by atoms with Gasteiger partial charge in [0.2, 0.25) is 10.0 Å². The Hall–Kier alpha value is -2.37. The standard InChI is InChI=1S/C20H21NO3S/c1-15-13-18(11-12-20(15)24-3)25(22,23)21(2)14-17-9-6-8-16-7-4-5-10-19(16)17/h4-13H,14H2,1-3H3. The molecule has 3 aromatic rings. The second-order valence-electron chi connectivity index (χ2n) is 6.03. The minimum atomic E-state index is -3.58. The molecule has 0 heterocycles. The van der Waals surface area contributed by atoms with Gasteiger partial charge in [-0.05, 0) is 47.0 Å². The minimum Gasteiger partial charge on any atom is -0.496 e. The molecule has 0 atom stereocenters. The number of nitrogens with zero attached hydrogens (tertiary/aromatic N) is 1. The number of hydrogen-bond donors (Lipinski definition) is 0. The van der Waals surface area contributed by atoms with E-state index in [0.717, 1.165) is 21.9 Å². The molecule has 0 spiro atoms. The van der Waals surface area contributed by atoms with Crippen molar-refractivity contribution < 1.29 is 13.2 Å². The molecule has 3 aromatic carbocycles. The van der Waals surface area contributed by atoms with Gasteiger partial charge in [0.1, 0.15) is 5.75 Å². The number of benzene rings is 3. The zero-order valence-corrected chi connectivity index (χ0v) is 15.4. The van der Waals surface area contributed by atoms with Crippen molar-refractivity contribution in [2.75, 3.05) is 14.2 Å². The number of sulfonamides is 1. The van der Waals surface area contributed by atoms with Crippen LogP contribution in [0.25, 0.3) is 10.8 Å². The van der Waals surface area contributed by atoms with Gasteiger partial charge < -0.3 is 4.74 Å². The highest BCUT2D eigenvalue weighted by Gasteiger charge is 2.22. The normalized spacial score (nSPS) is 11.8. The second kappa shape index (κ2) is 6.86. The molecule has 0 aromatic heterocycles. The molecule has 130 valence electrons. The van der Waals surface area contributed by atoms with Gasteiger partial charge in [-0.3, -0.25) is 0 Å². The first-order chi connectivity index (χ1) is 11.9. The lowest BCUT2D eigenvalue weighted by Gasteiger charge is -2.19. The molecule has 0 fully saturated rings. The van der Waals surface area contributed by atoms with Gasteiger partial charge in [-0.25, -0.2) is 8.42 Å². The third kappa shape index (κ3) is 3.38. The Balaban J connectivity index is 1.94. The molecule has 0 bridgehead atoms. The number of hydrogen-bond acceptors (Lipinski definition) is 3. The van der Waals surface area contributed by atoms with Crippen LogP contribution in [-0.2, 0) is 16.6 Å². The summed E-state index contributed by atoms with van der Waals surface area (Å²) < 4.78 is 32.4. The van der Waals surface area contributed by atoms with Gasteiger partial charge in [0.05, 0.1) is 12.0 Å². The van der Waals surface area contributed by atoms with Crippen molar-refractivity contribution in [3.05, 3.63) is 71.8 Å².